The van der Waals surface area contributed by atoms with E-state index in [1.165, 1.54) is 0 Å². The molecule has 0 radical (unpaired) electrons. The molecule has 1 amide bonds. The highest BCUT2D eigenvalue weighted by Crippen LogP contribution is 2.14. The van der Waals surface area contributed by atoms with E-state index in [0.717, 1.165) is 24.8 Å². The molecule has 0 aliphatic carbocycles. The van der Waals surface area contributed by atoms with Crippen LogP contribution in [0.2, 0.25) is 0 Å². The fourth-order valence-corrected chi connectivity index (χ4v) is 2.48. The highest BCUT2D eigenvalue weighted by atomic mass is 16.3. The topological polar surface area (TPSA) is 75.4 Å². The van der Waals surface area contributed by atoms with E-state index in [2.05, 4.69) is 12.2 Å². The molecule has 1 aromatic carbocycles. The van der Waals surface area contributed by atoms with E-state index in [1.807, 2.05) is 30.3 Å². The van der Waals surface area contributed by atoms with E-state index in [-0.39, 0.29) is 18.6 Å². The van der Waals surface area contributed by atoms with Gasteiger partial charge in [-0.1, -0.05) is 43.7 Å². The Balaban J connectivity index is 2.37. The molecule has 2 atom stereocenters. The van der Waals surface area contributed by atoms with Crippen molar-refractivity contribution in [2.24, 2.45) is 11.7 Å². The lowest BCUT2D eigenvalue weighted by Crippen LogP contribution is -2.39. The summed E-state index contributed by atoms with van der Waals surface area (Å²) >= 11 is 0. The number of nitrogens with two attached hydrogens (primary N) is 1. The minimum atomic E-state index is -0.213. The number of amides is 1. The summed E-state index contributed by atoms with van der Waals surface area (Å²) < 4.78 is 0. The molecule has 4 N–H and O–H groups in total. The van der Waals surface area contributed by atoms with Crippen LogP contribution in [0.1, 0.15) is 38.2 Å². The van der Waals surface area contributed by atoms with Crippen LogP contribution in [0.4, 0.5) is 0 Å². The second-order valence-corrected chi connectivity index (χ2v) is 5.53. The minimum absolute atomic E-state index is 0.0143. The van der Waals surface area contributed by atoms with Crippen LogP contribution in [-0.4, -0.2) is 30.2 Å². The van der Waals surface area contributed by atoms with Gasteiger partial charge in [0.25, 0.3) is 0 Å². The van der Waals surface area contributed by atoms with Crippen molar-refractivity contribution >= 4 is 5.91 Å². The van der Waals surface area contributed by atoms with Gasteiger partial charge < -0.3 is 16.2 Å². The van der Waals surface area contributed by atoms with Gasteiger partial charge in [0.15, 0.2) is 0 Å². The second kappa shape index (κ2) is 10.4. The molecule has 0 fully saturated rings. The molecule has 0 saturated carbocycles. The maximum atomic E-state index is 12.0. The Morgan fingerprint density at radius 2 is 2.00 bits per heavy atom. The predicted octanol–water partition coefficient (Wildman–Crippen LogP) is 1.86. The third-order valence-electron chi connectivity index (χ3n) is 3.84. The number of carbonyl (C=O) groups excluding carboxylic acids is 1. The van der Waals surface area contributed by atoms with E-state index < -0.39 is 0 Å². The third kappa shape index (κ3) is 7.25. The summed E-state index contributed by atoms with van der Waals surface area (Å²) in [6.45, 7) is 2.76. The van der Waals surface area contributed by atoms with E-state index in [9.17, 15) is 9.90 Å². The molecular weight excluding hydrogens is 264 g/mol. The molecule has 1 rings (SSSR count). The lowest BCUT2D eigenvalue weighted by atomic mass is 9.96. The van der Waals surface area contributed by atoms with Gasteiger partial charge >= 0.3 is 0 Å². The Labute approximate surface area is 127 Å². The largest absolute Gasteiger partial charge is 0.394 e. The maximum Gasteiger partial charge on any atom is 0.220 e. The SMILES string of the molecule is CCC(CCN)CCC(=O)NC(CO)Cc1ccccc1. The van der Waals surface area contributed by atoms with Crippen LogP contribution in [0.25, 0.3) is 0 Å². The Bertz CT molecular complexity index is 395. The second-order valence-electron chi connectivity index (χ2n) is 5.53. The highest BCUT2D eigenvalue weighted by molar-refractivity contribution is 5.76. The monoisotopic (exact) mass is 292 g/mol. The number of benzene rings is 1. The number of rotatable bonds is 10. The predicted molar refractivity (Wildman–Crippen MR) is 85.8 cm³/mol. The van der Waals surface area contributed by atoms with E-state index in [4.69, 9.17) is 5.73 Å². The first-order chi connectivity index (χ1) is 10.2. The highest BCUT2D eigenvalue weighted by Gasteiger charge is 2.14. The molecule has 0 aliphatic rings. The Hall–Kier alpha value is -1.39. The fraction of sp³-hybridized carbons (Fsp3) is 0.588. The van der Waals surface area contributed by atoms with Gasteiger partial charge in [-0.2, -0.15) is 0 Å². The number of aliphatic hydroxyl groups is 1. The standard InChI is InChI=1S/C17H28N2O2/c1-2-14(10-11-18)8-9-17(21)19-16(13-20)12-15-6-4-3-5-7-15/h3-7,14,16,20H,2,8-13,18H2,1H3,(H,19,21). The molecule has 0 heterocycles. The number of aliphatic hydroxyl groups excluding tert-OH is 1. The van der Waals surface area contributed by atoms with Crippen LogP contribution in [0.5, 0.6) is 0 Å². The van der Waals surface area contributed by atoms with Crippen LogP contribution in [0.15, 0.2) is 30.3 Å². The lowest BCUT2D eigenvalue weighted by molar-refractivity contribution is -0.122. The molecule has 4 heteroatoms. The molecule has 2 unspecified atom stereocenters. The first-order valence-electron chi connectivity index (χ1n) is 7.83. The first kappa shape index (κ1) is 17.7. The number of nitrogens with one attached hydrogen (secondary N) is 1. The average Bonchev–Trinajstić information content (AvgIpc) is 2.51. The van der Waals surface area contributed by atoms with Crippen LogP contribution >= 0.6 is 0 Å². The molecule has 0 aromatic heterocycles. The molecule has 118 valence electrons. The van der Waals surface area contributed by atoms with Crippen molar-refractivity contribution in [1.82, 2.24) is 5.32 Å². The average molecular weight is 292 g/mol. The van der Waals surface area contributed by atoms with Gasteiger partial charge in [0.05, 0.1) is 12.6 Å². The summed E-state index contributed by atoms with van der Waals surface area (Å²) in [5, 5.41) is 12.3. The van der Waals surface area contributed by atoms with Gasteiger partial charge in [0.2, 0.25) is 5.91 Å². The van der Waals surface area contributed by atoms with Crippen molar-refractivity contribution in [3.8, 4) is 0 Å². The van der Waals surface area contributed by atoms with Gasteiger partial charge in [0.1, 0.15) is 0 Å². The zero-order chi connectivity index (χ0) is 15.5. The van der Waals surface area contributed by atoms with Crippen LogP contribution in [0.3, 0.4) is 0 Å². The van der Waals surface area contributed by atoms with Gasteiger partial charge in [0, 0.05) is 6.42 Å². The lowest BCUT2D eigenvalue weighted by Gasteiger charge is -2.18. The molecule has 0 spiro atoms. The van der Waals surface area contributed by atoms with Gasteiger partial charge in [-0.25, -0.2) is 0 Å². The van der Waals surface area contributed by atoms with Crippen molar-refractivity contribution in [2.75, 3.05) is 13.2 Å². The smallest absolute Gasteiger partial charge is 0.220 e. The zero-order valence-corrected chi connectivity index (χ0v) is 12.9. The summed E-state index contributed by atoms with van der Waals surface area (Å²) in [4.78, 5) is 12.0. The van der Waals surface area contributed by atoms with Crippen molar-refractivity contribution in [2.45, 2.75) is 45.1 Å². The first-order valence-corrected chi connectivity index (χ1v) is 7.83. The maximum absolute atomic E-state index is 12.0. The number of carbonyl (C=O) groups is 1. The van der Waals surface area contributed by atoms with E-state index >= 15 is 0 Å². The van der Waals surface area contributed by atoms with Crippen molar-refractivity contribution in [3.63, 3.8) is 0 Å². The Morgan fingerprint density at radius 3 is 2.57 bits per heavy atom. The van der Waals surface area contributed by atoms with Crippen LogP contribution in [-0.2, 0) is 11.2 Å². The summed E-state index contributed by atoms with van der Waals surface area (Å²) in [7, 11) is 0. The molecule has 21 heavy (non-hydrogen) atoms. The summed E-state index contributed by atoms with van der Waals surface area (Å²) in [6, 6.07) is 9.67. The van der Waals surface area contributed by atoms with Crippen molar-refractivity contribution < 1.29 is 9.90 Å². The van der Waals surface area contributed by atoms with E-state index in [0.29, 0.717) is 25.3 Å². The number of hydrogen-bond donors (Lipinski definition) is 3. The molecule has 4 nitrogen and oxygen atoms in total. The number of hydrogen-bond acceptors (Lipinski definition) is 3. The fourth-order valence-electron chi connectivity index (χ4n) is 2.48. The van der Waals surface area contributed by atoms with Gasteiger partial charge in [-0.15, -0.1) is 0 Å². The molecule has 0 bridgehead atoms. The summed E-state index contributed by atoms with van der Waals surface area (Å²) in [5.74, 6) is 0.530. The Kier molecular flexibility index (Phi) is 8.71. The van der Waals surface area contributed by atoms with Crippen LogP contribution in [0, 0.1) is 5.92 Å². The molecule has 0 saturated heterocycles. The molecular formula is C17H28N2O2. The van der Waals surface area contributed by atoms with Gasteiger partial charge in [-0.3, -0.25) is 4.79 Å². The van der Waals surface area contributed by atoms with Crippen molar-refractivity contribution in [1.29, 1.82) is 0 Å². The summed E-state index contributed by atoms with van der Waals surface area (Å²) in [6.07, 6.45) is 4.05. The van der Waals surface area contributed by atoms with E-state index in [1.54, 1.807) is 0 Å². The summed E-state index contributed by atoms with van der Waals surface area (Å²) in [5.41, 5.74) is 6.68. The quantitative estimate of drug-likeness (QED) is 0.616. The van der Waals surface area contributed by atoms with Crippen molar-refractivity contribution in [3.05, 3.63) is 35.9 Å². The Morgan fingerprint density at radius 1 is 1.29 bits per heavy atom. The molecule has 1 aromatic rings. The van der Waals surface area contributed by atoms with Crippen LogP contribution < -0.4 is 11.1 Å². The normalized spacial score (nSPS) is 13.7. The third-order valence-corrected chi connectivity index (χ3v) is 3.84. The minimum Gasteiger partial charge on any atom is -0.394 e. The van der Waals surface area contributed by atoms with Gasteiger partial charge in [-0.05, 0) is 37.3 Å². The molecule has 0 aliphatic heterocycles. The zero-order valence-electron chi connectivity index (χ0n) is 12.9.